The number of phenolic OH excluding ortho intramolecular Hbond substituents is 1. The van der Waals surface area contributed by atoms with E-state index < -0.39 is 11.9 Å². The van der Waals surface area contributed by atoms with Crippen LogP contribution in [0.25, 0.3) is 22.3 Å². The number of carboxylic acid groups (broad SMARTS) is 1. The molecule has 0 aliphatic carbocycles. The molecule has 12 heteroatoms. The van der Waals surface area contributed by atoms with Gasteiger partial charge in [-0.2, -0.15) is 5.10 Å². The highest BCUT2D eigenvalue weighted by atomic mass is 16.5. The molecule has 4 aromatic rings. The number of nitrogens with two attached hydrogens (primary N) is 1. The monoisotopic (exact) mass is 535 g/mol. The molecule has 39 heavy (non-hydrogen) atoms. The van der Waals surface area contributed by atoms with Gasteiger partial charge < -0.3 is 25.2 Å². The molecule has 3 aromatic heterocycles. The van der Waals surface area contributed by atoms with Crippen molar-refractivity contribution in [2.75, 3.05) is 25.4 Å². The average Bonchev–Trinajstić information content (AvgIpc) is 3.48. The fraction of sp³-hybridized carbons (Fsp3) is 0.444. The van der Waals surface area contributed by atoms with Crippen molar-refractivity contribution in [3.63, 3.8) is 0 Å². The zero-order chi connectivity index (χ0) is 27.7. The van der Waals surface area contributed by atoms with E-state index in [0.717, 1.165) is 31.4 Å². The minimum absolute atomic E-state index is 0.131. The number of aliphatic carboxylic acids is 1. The number of carboxylic acids is 1. The van der Waals surface area contributed by atoms with Gasteiger partial charge in [-0.05, 0) is 49.0 Å². The maximum Gasteiger partial charge on any atom is 0.314 e. The fourth-order valence-electron chi connectivity index (χ4n) is 5.22. The van der Waals surface area contributed by atoms with E-state index >= 15 is 0 Å². The maximum atomic E-state index is 11.6. The van der Waals surface area contributed by atoms with E-state index in [1.54, 1.807) is 24.3 Å². The summed E-state index contributed by atoms with van der Waals surface area (Å²) in [6.07, 6.45) is 1.55. The predicted molar refractivity (Wildman–Crippen MR) is 143 cm³/mol. The van der Waals surface area contributed by atoms with Crippen molar-refractivity contribution in [1.29, 1.82) is 0 Å². The Kier molecular flexibility index (Phi) is 7.38. The molecule has 0 spiro atoms. The minimum atomic E-state index is -0.947. The first-order valence-corrected chi connectivity index (χ1v) is 13.1. The molecule has 0 saturated carbocycles. The third kappa shape index (κ3) is 5.51. The number of aromatic hydroxyl groups is 1. The molecule has 0 radical (unpaired) electrons. The minimum Gasteiger partial charge on any atom is -0.507 e. The Morgan fingerprint density at radius 2 is 1.92 bits per heavy atom. The van der Waals surface area contributed by atoms with E-state index in [0.29, 0.717) is 40.8 Å². The van der Waals surface area contributed by atoms with Crippen molar-refractivity contribution in [3.8, 4) is 22.9 Å². The fourth-order valence-corrected chi connectivity index (χ4v) is 5.22. The largest absolute Gasteiger partial charge is 0.507 e. The summed E-state index contributed by atoms with van der Waals surface area (Å²) in [7, 11) is 0. The highest BCUT2D eigenvalue weighted by Gasteiger charge is 2.29. The number of likely N-dealkylation sites (tertiary alicyclic amines) is 1. The van der Waals surface area contributed by atoms with E-state index in [2.05, 4.69) is 25.4 Å². The topological polar surface area (TPSA) is 166 Å². The molecular weight excluding hydrogens is 502 g/mol. The van der Waals surface area contributed by atoms with E-state index in [-0.39, 0.29) is 23.8 Å². The van der Waals surface area contributed by atoms with Gasteiger partial charge in [-0.15, -0.1) is 10.2 Å². The van der Waals surface area contributed by atoms with Gasteiger partial charge in [0.15, 0.2) is 17.1 Å². The second kappa shape index (κ2) is 10.9. The molecular formula is C27H33N7O5. The van der Waals surface area contributed by atoms with Gasteiger partial charge in [0.05, 0.1) is 17.3 Å². The van der Waals surface area contributed by atoms with Gasteiger partial charge in [0.1, 0.15) is 17.8 Å². The number of benzene rings is 1. The van der Waals surface area contributed by atoms with Gasteiger partial charge in [-0.1, -0.05) is 26.0 Å². The standard InChI is InChI=1S/C27H33N7O5/c1-15(2)24(27(36)37)22-13-23(32-39-22)38-16(3)14-33-10-8-17(9-11-33)34-20-12-19(18-6-4-5-7-21(18)35)29-30-25(20)26(28)31-34/h4-7,12-13,15-17,24,35H,8-11,14H2,1-3H3,(H2,28,31)(H,36,37). The molecule has 206 valence electrons. The highest BCUT2D eigenvalue weighted by Crippen LogP contribution is 2.33. The number of hydrogen-bond acceptors (Lipinski definition) is 10. The summed E-state index contributed by atoms with van der Waals surface area (Å²) >= 11 is 0. The van der Waals surface area contributed by atoms with Crippen LogP contribution in [0.1, 0.15) is 51.3 Å². The number of fused-ring (bicyclic) bond motifs is 1. The molecule has 0 amide bonds. The Hall–Kier alpha value is -4.19. The molecule has 1 aromatic carbocycles. The number of nitrogens with zero attached hydrogens (tertiary/aromatic N) is 6. The van der Waals surface area contributed by atoms with Crippen LogP contribution in [0, 0.1) is 5.92 Å². The lowest BCUT2D eigenvalue weighted by atomic mass is 9.94. The van der Waals surface area contributed by atoms with Gasteiger partial charge in [-0.3, -0.25) is 14.4 Å². The lowest BCUT2D eigenvalue weighted by molar-refractivity contribution is -0.140. The number of carbonyl (C=O) groups is 1. The van der Waals surface area contributed by atoms with Crippen LogP contribution in [0.3, 0.4) is 0 Å². The van der Waals surface area contributed by atoms with E-state index in [9.17, 15) is 15.0 Å². The number of aromatic nitrogens is 5. The molecule has 5 rings (SSSR count). The van der Waals surface area contributed by atoms with Crippen molar-refractivity contribution >= 4 is 22.8 Å². The first-order valence-electron chi connectivity index (χ1n) is 13.1. The number of ether oxygens (including phenoxy) is 1. The van der Waals surface area contributed by atoms with Crippen LogP contribution >= 0.6 is 0 Å². The average molecular weight is 536 g/mol. The maximum absolute atomic E-state index is 11.6. The first kappa shape index (κ1) is 26.4. The SMILES string of the molecule is CC(CN1CCC(n2nc(N)c3nnc(-c4ccccc4O)cc32)CC1)Oc1cc(C(C(=O)O)C(C)C)on1. The van der Waals surface area contributed by atoms with Gasteiger partial charge in [0.25, 0.3) is 5.88 Å². The smallest absolute Gasteiger partial charge is 0.314 e. The van der Waals surface area contributed by atoms with Crippen molar-refractivity contribution < 1.29 is 24.3 Å². The van der Waals surface area contributed by atoms with Crippen LogP contribution in [0.15, 0.2) is 40.9 Å². The zero-order valence-corrected chi connectivity index (χ0v) is 22.2. The van der Waals surface area contributed by atoms with Gasteiger partial charge >= 0.3 is 5.97 Å². The molecule has 1 aliphatic heterocycles. The summed E-state index contributed by atoms with van der Waals surface area (Å²) in [5.41, 5.74) is 8.67. The Balaban J connectivity index is 1.22. The van der Waals surface area contributed by atoms with E-state index in [1.165, 1.54) is 0 Å². The van der Waals surface area contributed by atoms with Crippen molar-refractivity contribution in [3.05, 3.63) is 42.2 Å². The second-order valence-electron chi connectivity index (χ2n) is 10.4. The van der Waals surface area contributed by atoms with Gasteiger partial charge in [-0.25, -0.2) is 0 Å². The predicted octanol–water partition coefficient (Wildman–Crippen LogP) is 3.70. The van der Waals surface area contributed by atoms with Crippen molar-refractivity contribution in [1.82, 2.24) is 30.0 Å². The third-order valence-electron chi connectivity index (χ3n) is 7.14. The number of rotatable bonds is 9. The molecule has 4 heterocycles. The lowest BCUT2D eigenvalue weighted by Gasteiger charge is -2.33. The highest BCUT2D eigenvalue weighted by molar-refractivity contribution is 5.87. The third-order valence-corrected chi connectivity index (χ3v) is 7.14. The number of nitrogen functional groups attached to an aromatic ring is 1. The number of phenols is 1. The van der Waals surface area contributed by atoms with Crippen LogP contribution in [0.5, 0.6) is 11.6 Å². The summed E-state index contributed by atoms with van der Waals surface area (Å²) in [5, 5.41) is 36.8. The number of hydrogen-bond donors (Lipinski definition) is 3. The van der Waals surface area contributed by atoms with Gasteiger partial charge in [0.2, 0.25) is 0 Å². The Morgan fingerprint density at radius 3 is 2.62 bits per heavy atom. The summed E-state index contributed by atoms with van der Waals surface area (Å²) in [5.74, 6) is -0.790. The molecule has 1 fully saturated rings. The molecule has 1 saturated heterocycles. The molecule has 2 atom stereocenters. The van der Waals surface area contributed by atoms with Gasteiger partial charge in [0, 0.05) is 31.3 Å². The van der Waals surface area contributed by atoms with Crippen molar-refractivity contribution in [2.24, 2.45) is 5.92 Å². The quantitative estimate of drug-likeness (QED) is 0.286. The van der Waals surface area contributed by atoms with Crippen LogP contribution in [-0.2, 0) is 4.79 Å². The summed E-state index contributed by atoms with van der Waals surface area (Å²) in [6.45, 7) is 7.97. The van der Waals surface area contributed by atoms with Crippen LogP contribution < -0.4 is 10.5 Å². The normalized spacial score (nSPS) is 16.5. The first-order chi connectivity index (χ1) is 18.7. The van der Waals surface area contributed by atoms with Crippen LogP contribution in [0.4, 0.5) is 5.82 Å². The van der Waals surface area contributed by atoms with Crippen molar-refractivity contribution in [2.45, 2.75) is 51.7 Å². The van der Waals surface area contributed by atoms with E-state index in [4.69, 9.17) is 15.0 Å². The Bertz CT molecular complexity index is 1460. The summed E-state index contributed by atoms with van der Waals surface area (Å²) < 4.78 is 13.1. The number of anilines is 1. The lowest BCUT2D eigenvalue weighted by Crippen LogP contribution is -2.40. The number of piperidine rings is 1. The molecule has 2 unspecified atom stereocenters. The zero-order valence-electron chi connectivity index (χ0n) is 22.2. The number of para-hydroxylation sites is 1. The summed E-state index contributed by atoms with van der Waals surface area (Å²) in [6, 6.07) is 10.6. The summed E-state index contributed by atoms with van der Waals surface area (Å²) in [4.78, 5) is 13.9. The second-order valence-corrected chi connectivity index (χ2v) is 10.4. The molecule has 12 nitrogen and oxygen atoms in total. The van der Waals surface area contributed by atoms with Crippen LogP contribution in [0.2, 0.25) is 0 Å². The van der Waals surface area contributed by atoms with E-state index in [1.807, 2.05) is 37.6 Å². The molecule has 4 N–H and O–H groups in total. The molecule has 1 aliphatic rings. The Labute approximate surface area is 225 Å². The van der Waals surface area contributed by atoms with Crippen LogP contribution in [-0.4, -0.2) is 72.0 Å². The Morgan fingerprint density at radius 1 is 1.18 bits per heavy atom. The molecule has 0 bridgehead atoms.